The van der Waals surface area contributed by atoms with Gasteiger partial charge in [-0.15, -0.1) is 10.2 Å². The summed E-state index contributed by atoms with van der Waals surface area (Å²) in [5, 5.41) is 24.1. The van der Waals surface area contributed by atoms with Crippen molar-refractivity contribution < 1.29 is 14.3 Å². The van der Waals surface area contributed by atoms with Gasteiger partial charge in [0, 0.05) is 23.8 Å². The van der Waals surface area contributed by atoms with Crippen LogP contribution in [0.3, 0.4) is 0 Å². The Morgan fingerprint density at radius 2 is 2.08 bits per heavy atom. The van der Waals surface area contributed by atoms with Crippen molar-refractivity contribution in [3.05, 3.63) is 58.6 Å². The lowest BCUT2D eigenvalue weighted by atomic mass is 10.1. The summed E-state index contributed by atoms with van der Waals surface area (Å²) >= 11 is 1.55. The van der Waals surface area contributed by atoms with Crippen molar-refractivity contribution in [3.63, 3.8) is 0 Å². The molecule has 3 rings (SSSR count). The number of hydrogen-bond donors (Lipinski definition) is 2. The van der Waals surface area contributed by atoms with E-state index in [1.54, 1.807) is 11.3 Å². The SMILES string of the molecule is O=C(CCc1nnc(-c2ccsc2)o1)NC(CO)c1ccccc1. The van der Waals surface area contributed by atoms with E-state index in [0.717, 1.165) is 11.1 Å². The molecule has 0 aliphatic heterocycles. The van der Waals surface area contributed by atoms with Crippen LogP contribution in [0.2, 0.25) is 0 Å². The Balaban J connectivity index is 1.54. The van der Waals surface area contributed by atoms with Crippen LogP contribution in [-0.4, -0.2) is 27.8 Å². The molecule has 1 unspecified atom stereocenters. The molecular weight excluding hydrogens is 326 g/mol. The number of thiophene rings is 1. The standard InChI is InChI=1S/C17H17N3O3S/c21-10-14(12-4-2-1-3-5-12)18-15(22)6-7-16-19-20-17(23-16)13-8-9-24-11-13/h1-5,8-9,11,14,21H,6-7,10H2,(H,18,22). The third-order valence-corrected chi connectivity index (χ3v) is 4.20. The minimum absolute atomic E-state index is 0.154. The second-order valence-electron chi connectivity index (χ2n) is 5.23. The summed E-state index contributed by atoms with van der Waals surface area (Å²) in [4.78, 5) is 12.1. The van der Waals surface area contributed by atoms with Crippen LogP contribution >= 0.6 is 11.3 Å². The molecule has 1 atom stereocenters. The number of hydrogen-bond acceptors (Lipinski definition) is 6. The van der Waals surface area contributed by atoms with E-state index in [9.17, 15) is 9.90 Å². The molecule has 0 aliphatic rings. The number of aryl methyl sites for hydroxylation is 1. The van der Waals surface area contributed by atoms with Gasteiger partial charge in [0.25, 0.3) is 0 Å². The van der Waals surface area contributed by atoms with Gasteiger partial charge in [0.2, 0.25) is 17.7 Å². The lowest BCUT2D eigenvalue weighted by Gasteiger charge is -2.16. The summed E-state index contributed by atoms with van der Waals surface area (Å²) in [6.45, 7) is -0.154. The maximum absolute atomic E-state index is 12.1. The predicted molar refractivity (Wildman–Crippen MR) is 90.3 cm³/mol. The molecule has 7 heteroatoms. The molecule has 0 fully saturated rings. The maximum Gasteiger partial charge on any atom is 0.248 e. The fourth-order valence-electron chi connectivity index (χ4n) is 2.26. The number of nitrogens with one attached hydrogen (secondary N) is 1. The van der Waals surface area contributed by atoms with Crippen LogP contribution in [0.1, 0.15) is 23.9 Å². The summed E-state index contributed by atoms with van der Waals surface area (Å²) in [5.41, 5.74) is 1.75. The fourth-order valence-corrected chi connectivity index (χ4v) is 2.89. The summed E-state index contributed by atoms with van der Waals surface area (Å²) < 4.78 is 5.55. The predicted octanol–water partition coefficient (Wildman–Crippen LogP) is 2.58. The van der Waals surface area contributed by atoms with Crippen molar-refractivity contribution in [2.75, 3.05) is 6.61 Å². The smallest absolute Gasteiger partial charge is 0.248 e. The highest BCUT2D eigenvalue weighted by Gasteiger charge is 2.15. The summed E-state index contributed by atoms with van der Waals surface area (Å²) in [6, 6.07) is 10.9. The van der Waals surface area contributed by atoms with E-state index < -0.39 is 6.04 Å². The molecular formula is C17H17N3O3S. The molecule has 0 spiro atoms. The van der Waals surface area contributed by atoms with Gasteiger partial charge in [-0.05, 0) is 17.0 Å². The lowest BCUT2D eigenvalue weighted by Crippen LogP contribution is -2.30. The normalized spacial score (nSPS) is 12.0. The molecule has 0 saturated carbocycles. The topological polar surface area (TPSA) is 88.2 Å². The summed E-state index contributed by atoms with van der Waals surface area (Å²) in [5.74, 6) is 0.712. The minimum atomic E-state index is -0.414. The van der Waals surface area contributed by atoms with E-state index >= 15 is 0 Å². The molecule has 3 aromatic rings. The van der Waals surface area contributed by atoms with Crippen molar-refractivity contribution in [3.8, 4) is 11.5 Å². The van der Waals surface area contributed by atoms with Crippen LogP contribution in [-0.2, 0) is 11.2 Å². The Bertz CT molecular complexity index is 772. The second kappa shape index (κ2) is 7.85. The zero-order valence-electron chi connectivity index (χ0n) is 12.9. The van der Waals surface area contributed by atoms with Crippen LogP contribution in [0.4, 0.5) is 0 Å². The van der Waals surface area contributed by atoms with Gasteiger partial charge in [-0.3, -0.25) is 4.79 Å². The van der Waals surface area contributed by atoms with Crippen LogP contribution < -0.4 is 5.32 Å². The number of rotatable bonds is 7. The van der Waals surface area contributed by atoms with Gasteiger partial charge < -0.3 is 14.8 Å². The third-order valence-electron chi connectivity index (χ3n) is 3.52. The highest BCUT2D eigenvalue weighted by Crippen LogP contribution is 2.20. The highest BCUT2D eigenvalue weighted by atomic mass is 32.1. The first-order valence-electron chi connectivity index (χ1n) is 7.56. The molecule has 24 heavy (non-hydrogen) atoms. The molecule has 1 aromatic carbocycles. The van der Waals surface area contributed by atoms with Crippen LogP contribution in [0.25, 0.3) is 11.5 Å². The van der Waals surface area contributed by atoms with E-state index in [4.69, 9.17) is 4.42 Å². The average molecular weight is 343 g/mol. The number of carbonyl (C=O) groups is 1. The van der Waals surface area contributed by atoms with Gasteiger partial charge in [-0.1, -0.05) is 30.3 Å². The Labute approximate surface area is 143 Å². The summed E-state index contributed by atoms with van der Waals surface area (Å²) in [6.07, 6.45) is 0.574. The van der Waals surface area contributed by atoms with E-state index in [2.05, 4.69) is 15.5 Å². The highest BCUT2D eigenvalue weighted by molar-refractivity contribution is 7.08. The zero-order chi connectivity index (χ0) is 16.8. The van der Waals surface area contributed by atoms with Crippen molar-refractivity contribution in [2.45, 2.75) is 18.9 Å². The number of benzene rings is 1. The largest absolute Gasteiger partial charge is 0.421 e. The Hall–Kier alpha value is -2.51. The molecule has 124 valence electrons. The van der Waals surface area contributed by atoms with Crippen molar-refractivity contribution in [1.82, 2.24) is 15.5 Å². The monoisotopic (exact) mass is 343 g/mol. The van der Waals surface area contributed by atoms with Gasteiger partial charge in [0.1, 0.15) is 0 Å². The Morgan fingerprint density at radius 1 is 1.25 bits per heavy atom. The first-order valence-corrected chi connectivity index (χ1v) is 8.50. The fraction of sp³-hybridized carbons (Fsp3) is 0.235. The van der Waals surface area contributed by atoms with Crippen molar-refractivity contribution >= 4 is 17.2 Å². The van der Waals surface area contributed by atoms with Gasteiger partial charge in [-0.25, -0.2) is 0 Å². The van der Waals surface area contributed by atoms with Gasteiger partial charge in [0.15, 0.2) is 0 Å². The number of carbonyl (C=O) groups excluding carboxylic acids is 1. The summed E-state index contributed by atoms with van der Waals surface area (Å²) in [7, 11) is 0. The Morgan fingerprint density at radius 3 is 2.79 bits per heavy atom. The third kappa shape index (κ3) is 4.06. The first-order chi connectivity index (χ1) is 11.8. The van der Waals surface area contributed by atoms with Gasteiger partial charge in [0.05, 0.1) is 12.6 Å². The number of aromatic nitrogens is 2. The van der Waals surface area contributed by atoms with Crippen molar-refractivity contribution in [2.24, 2.45) is 0 Å². The quantitative estimate of drug-likeness (QED) is 0.688. The first kappa shape index (κ1) is 16.4. The van der Waals surface area contributed by atoms with E-state index in [1.807, 2.05) is 47.2 Å². The molecule has 0 bridgehead atoms. The minimum Gasteiger partial charge on any atom is -0.421 e. The van der Waals surface area contributed by atoms with Crippen LogP contribution in [0.15, 0.2) is 51.6 Å². The van der Waals surface area contributed by atoms with Crippen LogP contribution in [0, 0.1) is 0 Å². The Kier molecular flexibility index (Phi) is 5.35. The van der Waals surface area contributed by atoms with E-state index in [-0.39, 0.29) is 18.9 Å². The molecule has 0 radical (unpaired) electrons. The molecule has 2 N–H and O–H groups in total. The van der Waals surface area contributed by atoms with E-state index in [1.165, 1.54) is 0 Å². The number of nitrogens with zero attached hydrogens (tertiary/aromatic N) is 2. The molecule has 0 aliphatic carbocycles. The number of aliphatic hydroxyl groups is 1. The van der Waals surface area contributed by atoms with Crippen LogP contribution in [0.5, 0.6) is 0 Å². The lowest BCUT2D eigenvalue weighted by molar-refractivity contribution is -0.122. The van der Waals surface area contributed by atoms with Crippen molar-refractivity contribution in [1.29, 1.82) is 0 Å². The van der Waals surface area contributed by atoms with Gasteiger partial charge >= 0.3 is 0 Å². The molecule has 2 heterocycles. The second-order valence-corrected chi connectivity index (χ2v) is 6.01. The maximum atomic E-state index is 12.1. The number of amides is 1. The molecule has 1 amide bonds. The number of aliphatic hydroxyl groups excluding tert-OH is 1. The molecule has 6 nitrogen and oxygen atoms in total. The molecule has 0 saturated heterocycles. The zero-order valence-corrected chi connectivity index (χ0v) is 13.7. The van der Waals surface area contributed by atoms with E-state index in [0.29, 0.717) is 18.2 Å². The average Bonchev–Trinajstić information content (AvgIpc) is 3.29. The van der Waals surface area contributed by atoms with Gasteiger partial charge in [-0.2, -0.15) is 11.3 Å². The molecule has 2 aromatic heterocycles.